The van der Waals surface area contributed by atoms with Gasteiger partial charge in [-0.3, -0.25) is 4.79 Å². The summed E-state index contributed by atoms with van der Waals surface area (Å²) in [6, 6.07) is 0. The molecule has 0 aliphatic heterocycles. The number of aliphatic carboxylic acids is 1. The molecule has 0 radical (unpaired) electrons. The van der Waals surface area contributed by atoms with E-state index in [-0.39, 0.29) is 12.5 Å². The number of hydrogen-bond donors (Lipinski definition) is 2. The van der Waals surface area contributed by atoms with Gasteiger partial charge >= 0.3 is 5.97 Å². The van der Waals surface area contributed by atoms with Crippen LogP contribution in [0.1, 0.15) is 32.1 Å². The number of hydrogen-bond acceptors (Lipinski definition) is 4. The third kappa shape index (κ3) is 4.30. The largest absolute Gasteiger partial charge is 0.481 e. The lowest BCUT2D eigenvalue weighted by Gasteiger charge is -2.30. The van der Waals surface area contributed by atoms with Crippen LogP contribution in [0, 0.1) is 0 Å². The molecule has 2 N–H and O–H groups in total. The third-order valence-electron chi connectivity index (χ3n) is 2.70. The van der Waals surface area contributed by atoms with Crippen molar-refractivity contribution >= 4 is 5.97 Å². The maximum absolute atomic E-state index is 10.3. The molecule has 0 aromatic rings. The monoisotopic (exact) mass is 230 g/mol. The molecule has 2 unspecified atom stereocenters. The SMILES string of the molecule is COOC1C=CC(O)(CCCC(=O)O)CC1. The first-order valence-corrected chi connectivity index (χ1v) is 5.39. The molecule has 0 fully saturated rings. The maximum atomic E-state index is 10.3. The minimum Gasteiger partial charge on any atom is -0.481 e. The van der Waals surface area contributed by atoms with E-state index >= 15 is 0 Å². The zero-order chi connectivity index (χ0) is 12.0. The van der Waals surface area contributed by atoms with E-state index in [4.69, 9.17) is 9.99 Å². The predicted octanol–water partition coefficient (Wildman–Crippen LogP) is 1.27. The highest BCUT2D eigenvalue weighted by molar-refractivity contribution is 5.66. The molecule has 0 bridgehead atoms. The van der Waals surface area contributed by atoms with Gasteiger partial charge in [-0.25, -0.2) is 9.78 Å². The first-order chi connectivity index (χ1) is 7.56. The molecular weight excluding hydrogens is 212 g/mol. The highest BCUT2D eigenvalue weighted by Gasteiger charge is 2.28. The quantitative estimate of drug-likeness (QED) is 0.408. The molecule has 16 heavy (non-hydrogen) atoms. The summed E-state index contributed by atoms with van der Waals surface area (Å²) in [7, 11) is 1.45. The zero-order valence-electron chi connectivity index (χ0n) is 9.39. The van der Waals surface area contributed by atoms with Crippen molar-refractivity contribution in [3.8, 4) is 0 Å². The fraction of sp³-hybridized carbons (Fsp3) is 0.727. The van der Waals surface area contributed by atoms with Gasteiger partial charge in [0.2, 0.25) is 0 Å². The summed E-state index contributed by atoms with van der Waals surface area (Å²) in [5, 5.41) is 18.6. The van der Waals surface area contributed by atoms with Gasteiger partial charge in [-0.15, -0.1) is 0 Å². The Morgan fingerprint density at radius 2 is 2.38 bits per heavy atom. The lowest BCUT2D eigenvalue weighted by molar-refractivity contribution is -0.296. The lowest BCUT2D eigenvalue weighted by Crippen LogP contribution is -2.32. The molecule has 5 heteroatoms. The number of carboxylic acids is 1. The molecule has 0 amide bonds. The first kappa shape index (κ1) is 13.2. The Morgan fingerprint density at radius 3 is 2.88 bits per heavy atom. The van der Waals surface area contributed by atoms with Crippen LogP contribution < -0.4 is 0 Å². The molecule has 1 aliphatic rings. The van der Waals surface area contributed by atoms with Crippen molar-refractivity contribution < 1.29 is 24.8 Å². The van der Waals surface area contributed by atoms with Crippen molar-refractivity contribution in [2.45, 2.75) is 43.8 Å². The molecule has 0 saturated carbocycles. The predicted molar refractivity (Wildman–Crippen MR) is 56.7 cm³/mol. The lowest BCUT2D eigenvalue weighted by atomic mass is 9.85. The summed E-state index contributed by atoms with van der Waals surface area (Å²) in [6.07, 6.45) is 5.60. The van der Waals surface area contributed by atoms with Crippen LogP contribution in [0.5, 0.6) is 0 Å². The first-order valence-electron chi connectivity index (χ1n) is 5.39. The van der Waals surface area contributed by atoms with E-state index in [1.165, 1.54) is 7.11 Å². The van der Waals surface area contributed by atoms with Crippen LogP contribution in [-0.2, 0) is 14.6 Å². The van der Waals surface area contributed by atoms with Gasteiger partial charge < -0.3 is 10.2 Å². The summed E-state index contributed by atoms with van der Waals surface area (Å²) >= 11 is 0. The Labute approximate surface area is 94.6 Å². The van der Waals surface area contributed by atoms with E-state index in [2.05, 4.69) is 4.89 Å². The maximum Gasteiger partial charge on any atom is 0.303 e. The Morgan fingerprint density at radius 1 is 1.62 bits per heavy atom. The second-order valence-electron chi connectivity index (χ2n) is 4.05. The molecule has 2 atom stereocenters. The second-order valence-corrected chi connectivity index (χ2v) is 4.05. The Kier molecular flexibility index (Phi) is 4.92. The Bertz CT molecular complexity index is 263. The number of carbonyl (C=O) groups is 1. The fourth-order valence-electron chi connectivity index (χ4n) is 1.82. The van der Waals surface area contributed by atoms with Crippen LogP contribution in [0.2, 0.25) is 0 Å². The van der Waals surface area contributed by atoms with Crippen LogP contribution in [0.15, 0.2) is 12.2 Å². The normalized spacial score (nSPS) is 29.2. The van der Waals surface area contributed by atoms with Gasteiger partial charge in [-0.05, 0) is 25.7 Å². The van der Waals surface area contributed by atoms with Crippen molar-refractivity contribution in [1.82, 2.24) is 0 Å². The summed E-state index contributed by atoms with van der Waals surface area (Å²) in [5.74, 6) is -0.830. The van der Waals surface area contributed by atoms with Crippen molar-refractivity contribution in [1.29, 1.82) is 0 Å². The van der Waals surface area contributed by atoms with Gasteiger partial charge in [0.15, 0.2) is 0 Å². The molecule has 0 aromatic carbocycles. The average Bonchev–Trinajstić information content (AvgIpc) is 2.21. The summed E-state index contributed by atoms with van der Waals surface area (Å²) in [4.78, 5) is 19.8. The van der Waals surface area contributed by atoms with Gasteiger partial charge in [0.25, 0.3) is 0 Å². The highest BCUT2D eigenvalue weighted by Crippen LogP contribution is 2.28. The molecule has 0 heterocycles. The fourth-order valence-corrected chi connectivity index (χ4v) is 1.82. The number of rotatable bonds is 6. The Hall–Kier alpha value is -0.910. The molecule has 0 spiro atoms. The van der Waals surface area contributed by atoms with Crippen LogP contribution >= 0.6 is 0 Å². The van der Waals surface area contributed by atoms with E-state index in [9.17, 15) is 9.90 Å². The minimum atomic E-state index is -0.886. The van der Waals surface area contributed by atoms with Crippen molar-refractivity contribution in [3.63, 3.8) is 0 Å². The van der Waals surface area contributed by atoms with Crippen LogP contribution in [-0.4, -0.2) is 35.0 Å². The molecule has 92 valence electrons. The number of aliphatic hydroxyl groups is 1. The van der Waals surface area contributed by atoms with Crippen LogP contribution in [0.4, 0.5) is 0 Å². The van der Waals surface area contributed by atoms with E-state index in [1.54, 1.807) is 12.2 Å². The van der Waals surface area contributed by atoms with Gasteiger partial charge in [-0.2, -0.15) is 0 Å². The van der Waals surface area contributed by atoms with Crippen molar-refractivity contribution in [3.05, 3.63) is 12.2 Å². The molecular formula is C11H18O5. The molecule has 1 rings (SSSR count). The van der Waals surface area contributed by atoms with Gasteiger partial charge in [-0.1, -0.05) is 12.2 Å². The van der Waals surface area contributed by atoms with Gasteiger partial charge in [0.1, 0.15) is 6.10 Å². The smallest absolute Gasteiger partial charge is 0.303 e. The topological polar surface area (TPSA) is 76.0 Å². The average molecular weight is 230 g/mol. The van der Waals surface area contributed by atoms with Crippen LogP contribution in [0.25, 0.3) is 0 Å². The summed E-state index contributed by atoms with van der Waals surface area (Å²) < 4.78 is 0. The van der Waals surface area contributed by atoms with E-state index in [0.717, 1.165) is 0 Å². The van der Waals surface area contributed by atoms with E-state index in [0.29, 0.717) is 25.7 Å². The molecule has 1 aliphatic carbocycles. The third-order valence-corrected chi connectivity index (χ3v) is 2.70. The number of carboxylic acid groups (broad SMARTS) is 1. The second kappa shape index (κ2) is 5.98. The Balaban J connectivity index is 2.36. The minimum absolute atomic E-state index is 0.0914. The van der Waals surface area contributed by atoms with Crippen molar-refractivity contribution in [2.24, 2.45) is 0 Å². The summed E-state index contributed by atoms with van der Waals surface area (Å²) in [5.41, 5.74) is -0.886. The molecule has 5 nitrogen and oxygen atoms in total. The van der Waals surface area contributed by atoms with Gasteiger partial charge in [0, 0.05) is 6.42 Å². The summed E-state index contributed by atoms with van der Waals surface area (Å²) in [6.45, 7) is 0. The standard InChI is InChI=1S/C11H18O5/c1-15-16-9-4-7-11(14,8-5-9)6-2-3-10(12)13/h4,7,9,14H,2-3,5-6,8H2,1H3,(H,12,13). The highest BCUT2D eigenvalue weighted by atomic mass is 17.2. The van der Waals surface area contributed by atoms with E-state index < -0.39 is 11.6 Å². The molecule has 0 saturated heterocycles. The van der Waals surface area contributed by atoms with Crippen molar-refractivity contribution in [2.75, 3.05) is 7.11 Å². The van der Waals surface area contributed by atoms with E-state index in [1.807, 2.05) is 0 Å². The van der Waals surface area contributed by atoms with Gasteiger partial charge in [0.05, 0.1) is 12.7 Å². The van der Waals surface area contributed by atoms with Crippen LogP contribution in [0.3, 0.4) is 0 Å². The zero-order valence-corrected chi connectivity index (χ0v) is 9.39. The molecule has 0 aromatic heterocycles.